The summed E-state index contributed by atoms with van der Waals surface area (Å²) in [5.41, 5.74) is 1.06. The van der Waals surface area contributed by atoms with E-state index in [2.05, 4.69) is 14.9 Å². The second kappa shape index (κ2) is 8.95. The van der Waals surface area contributed by atoms with Crippen LogP contribution >= 0.6 is 0 Å². The molecule has 1 aliphatic heterocycles. The Bertz CT molecular complexity index is 759. The zero-order chi connectivity index (χ0) is 20.1. The fourth-order valence-corrected chi connectivity index (χ4v) is 3.64. The SMILES string of the molecule is CC(C)(C)Oc1nccnc1CN1CCC(C(=O)CC2=C(F)CCC=C2)CC1. The van der Waals surface area contributed by atoms with Crippen molar-refractivity contribution in [3.8, 4) is 5.88 Å². The molecule has 0 atom stereocenters. The van der Waals surface area contributed by atoms with Crippen molar-refractivity contribution in [2.45, 2.75) is 65.0 Å². The largest absolute Gasteiger partial charge is 0.471 e. The van der Waals surface area contributed by atoms with Crippen LogP contribution < -0.4 is 4.74 Å². The lowest BCUT2D eigenvalue weighted by Gasteiger charge is -2.31. The number of hydrogen-bond donors (Lipinski definition) is 0. The standard InChI is InChI=1S/C22H30FN3O2/c1-22(2,3)28-21-19(24-10-11-25-21)15-26-12-8-16(9-13-26)20(27)14-17-6-4-5-7-18(17)23/h4,6,10-11,16H,5,7-9,12-15H2,1-3H3. The third kappa shape index (κ3) is 5.71. The molecule has 0 aromatic carbocycles. The lowest BCUT2D eigenvalue weighted by atomic mass is 9.88. The normalized spacial score (nSPS) is 19.1. The maximum absolute atomic E-state index is 13.9. The molecule has 5 nitrogen and oxygen atoms in total. The number of hydrogen-bond acceptors (Lipinski definition) is 5. The van der Waals surface area contributed by atoms with Gasteiger partial charge in [-0.1, -0.05) is 12.2 Å². The summed E-state index contributed by atoms with van der Waals surface area (Å²) in [6.45, 7) is 8.26. The predicted molar refractivity (Wildman–Crippen MR) is 107 cm³/mol. The molecule has 0 amide bonds. The van der Waals surface area contributed by atoms with Crippen LogP contribution in [-0.2, 0) is 11.3 Å². The van der Waals surface area contributed by atoms with E-state index in [0.29, 0.717) is 24.4 Å². The van der Waals surface area contributed by atoms with Gasteiger partial charge in [0.1, 0.15) is 22.9 Å². The maximum Gasteiger partial charge on any atom is 0.237 e. The van der Waals surface area contributed by atoms with Crippen LogP contribution in [0.1, 0.15) is 58.6 Å². The Hall–Kier alpha value is -2.08. The smallest absolute Gasteiger partial charge is 0.237 e. The van der Waals surface area contributed by atoms with Gasteiger partial charge in [-0.3, -0.25) is 14.7 Å². The number of ketones is 1. The predicted octanol–water partition coefficient (Wildman–Crippen LogP) is 4.40. The zero-order valence-electron chi connectivity index (χ0n) is 17.1. The van der Waals surface area contributed by atoms with Crippen molar-refractivity contribution in [2.24, 2.45) is 5.92 Å². The Balaban J connectivity index is 1.53. The summed E-state index contributed by atoms with van der Waals surface area (Å²) in [5.74, 6) is 0.619. The zero-order valence-corrected chi connectivity index (χ0v) is 17.1. The van der Waals surface area contributed by atoms with Crippen LogP contribution in [-0.4, -0.2) is 39.3 Å². The van der Waals surface area contributed by atoms with E-state index in [1.807, 2.05) is 26.8 Å². The minimum Gasteiger partial charge on any atom is -0.471 e. The number of carbonyl (C=O) groups is 1. The second-order valence-corrected chi connectivity index (χ2v) is 8.59. The average Bonchev–Trinajstić information content (AvgIpc) is 2.64. The van der Waals surface area contributed by atoms with Gasteiger partial charge < -0.3 is 4.74 Å². The Morgan fingerprint density at radius 3 is 2.64 bits per heavy atom. The number of rotatable bonds is 6. The van der Waals surface area contributed by atoms with Gasteiger partial charge in [-0.05, 0) is 58.7 Å². The molecule has 1 aliphatic carbocycles. The van der Waals surface area contributed by atoms with Crippen LogP contribution in [0.3, 0.4) is 0 Å². The van der Waals surface area contributed by atoms with Crippen molar-refractivity contribution < 1.29 is 13.9 Å². The number of carbonyl (C=O) groups excluding carboxylic acids is 1. The first-order chi connectivity index (χ1) is 13.3. The van der Waals surface area contributed by atoms with Crippen molar-refractivity contribution in [1.29, 1.82) is 0 Å². The molecule has 2 heterocycles. The summed E-state index contributed by atoms with van der Waals surface area (Å²) in [7, 11) is 0. The van der Waals surface area contributed by atoms with E-state index in [4.69, 9.17) is 4.74 Å². The van der Waals surface area contributed by atoms with E-state index in [-0.39, 0.29) is 29.5 Å². The maximum atomic E-state index is 13.9. The molecule has 28 heavy (non-hydrogen) atoms. The Morgan fingerprint density at radius 2 is 1.96 bits per heavy atom. The lowest BCUT2D eigenvalue weighted by Crippen LogP contribution is -2.36. The number of aromatic nitrogens is 2. The van der Waals surface area contributed by atoms with Gasteiger partial charge in [-0.15, -0.1) is 0 Å². The molecule has 1 fully saturated rings. The molecule has 1 aromatic heterocycles. The summed E-state index contributed by atoms with van der Waals surface area (Å²) in [6.07, 6.45) is 10.0. The van der Waals surface area contributed by atoms with Crippen LogP contribution in [0.15, 0.2) is 35.9 Å². The number of allylic oxidation sites excluding steroid dienone is 4. The van der Waals surface area contributed by atoms with Crippen molar-refractivity contribution in [2.75, 3.05) is 13.1 Å². The van der Waals surface area contributed by atoms with E-state index in [0.717, 1.165) is 38.0 Å². The molecule has 0 saturated carbocycles. The lowest BCUT2D eigenvalue weighted by molar-refractivity contribution is -0.123. The quantitative estimate of drug-likeness (QED) is 0.724. The Morgan fingerprint density at radius 1 is 1.25 bits per heavy atom. The van der Waals surface area contributed by atoms with Crippen LogP contribution in [0.2, 0.25) is 0 Å². The number of likely N-dealkylation sites (tertiary alicyclic amines) is 1. The molecule has 0 spiro atoms. The molecule has 1 saturated heterocycles. The fourth-order valence-electron chi connectivity index (χ4n) is 3.64. The number of ether oxygens (including phenoxy) is 1. The van der Waals surface area contributed by atoms with Gasteiger partial charge in [0.05, 0.1) is 0 Å². The summed E-state index contributed by atoms with van der Waals surface area (Å²) in [4.78, 5) is 23.7. The van der Waals surface area contributed by atoms with E-state index >= 15 is 0 Å². The highest BCUT2D eigenvalue weighted by Gasteiger charge is 2.27. The third-order valence-corrected chi connectivity index (χ3v) is 5.12. The highest BCUT2D eigenvalue weighted by atomic mass is 19.1. The first-order valence-corrected chi connectivity index (χ1v) is 10.1. The molecule has 3 rings (SSSR count). The highest BCUT2D eigenvalue weighted by Crippen LogP contribution is 2.28. The molecule has 0 unspecified atom stereocenters. The summed E-state index contributed by atoms with van der Waals surface area (Å²) in [6, 6.07) is 0. The molecular weight excluding hydrogens is 357 g/mol. The van der Waals surface area contributed by atoms with E-state index < -0.39 is 0 Å². The van der Waals surface area contributed by atoms with Gasteiger partial charge in [-0.2, -0.15) is 0 Å². The number of halogens is 1. The fraction of sp³-hybridized carbons (Fsp3) is 0.591. The summed E-state index contributed by atoms with van der Waals surface area (Å²) >= 11 is 0. The van der Waals surface area contributed by atoms with E-state index in [1.54, 1.807) is 18.5 Å². The Kier molecular flexibility index (Phi) is 6.60. The molecule has 6 heteroatoms. The Labute approximate surface area is 166 Å². The second-order valence-electron chi connectivity index (χ2n) is 8.59. The summed E-state index contributed by atoms with van der Waals surface area (Å²) < 4.78 is 19.8. The molecule has 0 bridgehead atoms. The number of Topliss-reactive ketones (excluding diaryl/α,β-unsaturated/α-hetero) is 1. The average molecular weight is 387 g/mol. The minimum atomic E-state index is -0.332. The van der Waals surface area contributed by atoms with E-state index in [9.17, 15) is 9.18 Å². The van der Waals surface area contributed by atoms with Crippen molar-refractivity contribution >= 4 is 5.78 Å². The monoisotopic (exact) mass is 387 g/mol. The minimum absolute atomic E-state index is 0.0130. The van der Waals surface area contributed by atoms with Crippen LogP contribution in [0.4, 0.5) is 4.39 Å². The van der Waals surface area contributed by atoms with Gasteiger partial charge in [0.2, 0.25) is 5.88 Å². The molecule has 2 aliphatic rings. The van der Waals surface area contributed by atoms with Crippen molar-refractivity contribution in [3.63, 3.8) is 0 Å². The molecular formula is C22H30FN3O2. The first-order valence-electron chi connectivity index (χ1n) is 10.1. The van der Waals surface area contributed by atoms with Crippen LogP contribution in [0.5, 0.6) is 5.88 Å². The van der Waals surface area contributed by atoms with Gasteiger partial charge in [-0.25, -0.2) is 9.37 Å². The van der Waals surface area contributed by atoms with Crippen LogP contribution in [0.25, 0.3) is 0 Å². The van der Waals surface area contributed by atoms with Crippen molar-refractivity contribution in [3.05, 3.63) is 41.6 Å². The van der Waals surface area contributed by atoms with Crippen molar-refractivity contribution in [1.82, 2.24) is 14.9 Å². The van der Waals surface area contributed by atoms with Gasteiger partial charge in [0, 0.05) is 37.7 Å². The number of piperidine rings is 1. The van der Waals surface area contributed by atoms with Crippen LogP contribution in [0, 0.1) is 5.92 Å². The third-order valence-electron chi connectivity index (χ3n) is 5.12. The number of nitrogens with zero attached hydrogens (tertiary/aromatic N) is 3. The molecule has 0 radical (unpaired) electrons. The molecule has 1 aromatic rings. The van der Waals surface area contributed by atoms with Gasteiger partial charge in [0.25, 0.3) is 0 Å². The molecule has 0 N–H and O–H groups in total. The van der Waals surface area contributed by atoms with Gasteiger partial charge in [0.15, 0.2) is 0 Å². The molecule has 152 valence electrons. The summed E-state index contributed by atoms with van der Waals surface area (Å²) in [5, 5.41) is 0. The topological polar surface area (TPSA) is 55.3 Å². The van der Waals surface area contributed by atoms with Gasteiger partial charge >= 0.3 is 0 Å². The first kappa shape index (κ1) is 20.6. The highest BCUT2D eigenvalue weighted by molar-refractivity contribution is 5.84. The van der Waals surface area contributed by atoms with E-state index in [1.165, 1.54) is 0 Å².